The minimum Gasteiger partial charge on any atom is -0.356 e. The summed E-state index contributed by atoms with van der Waals surface area (Å²) in [5.74, 6) is 0.828. The van der Waals surface area contributed by atoms with Crippen LogP contribution in [-0.4, -0.2) is 27.7 Å². The molecule has 1 aromatic heterocycles. The number of nitrogens with one attached hydrogen (secondary N) is 1. The fraction of sp³-hybridized carbons (Fsp3) is 0.400. The predicted molar refractivity (Wildman–Crippen MR) is 109 cm³/mol. The molecule has 0 aliphatic carbocycles. The summed E-state index contributed by atoms with van der Waals surface area (Å²) >= 11 is 11.7. The average Bonchev–Trinajstić information content (AvgIpc) is 2.63. The van der Waals surface area contributed by atoms with Crippen molar-refractivity contribution in [3.05, 3.63) is 69.1 Å². The molecule has 2 bridgehead atoms. The third-order valence-electron chi connectivity index (χ3n) is 5.48. The second kappa shape index (κ2) is 7.05. The number of likely N-dealkylation sites (tertiary alicyclic amines) is 1. The van der Waals surface area contributed by atoms with Gasteiger partial charge in [-0.05, 0) is 55.2 Å². The lowest BCUT2D eigenvalue weighted by atomic mass is 9.83. The van der Waals surface area contributed by atoms with Crippen LogP contribution in [0.1, 0.15) is 36.6 Å². The molecule has 3 heterocycles. The largest absolute Gasteiger partial charge is 0.356 e. The van der Waals surface area contributed by atoms with E-state index in [1.54, 1.807) is 6.07 Å². The number of aromatic nitrogens is 1. The summed E-state index contributed by atoms with van der Waals surface area (Å²) in [7, 11) is 0. The van der Waals surface area contributed by atoms with E-state index < -0.39 is 0 Å². The van der Waals surface area contributed by atoms with E-state index in [9.17, 15) is 4.79 Å². The number of halogens is 1. The van der Waals surface area contributed by atoms with Crippen molar-refractivity contribution in [3.8, 4) is 0 Å². The fourth-order valence-corrected chi connectivity index (χ4v) is 4.63. The molecule has 2 aliphatic heterocycles. The quantitative estimate of drug-likeness (QED) is 0.799. The van der Waals surface area contributed by atoms with Crippen molar-refractivity contribution < 1.29 is 0 Å². The summed E-state index contributed by atoms with van der Waals surface area (Å²) in [6.45, 7) is 4.65. The standard InChI is InChI=1S/C20H22ClN3OS/c1-13(15-5-7-17(21)8-6-15)22-20(26)23-10-14-9-16(12-23)18-3-2-4-19(25)24(18)11-14/h2-8,13-14,16H,9-12H2,1H3,(H,22,26)/t13-,14+,16+/m1/s1. The highest BCUT2D eigenvalue weighted by atomic mass is 35.5. The fourth-order valence-electron chi connectivity index (χ4n) is 4.17. The first-order valence-corrected chi connectivity index (χ1v) is 9.80. The van der Waals surface area contributed by atoms with Crippen LogP contribution in [0.25, 0.3) is 0 Å². The maximum Gasteiger partial charge on any atom is 0.250 e. The number of thiocarbonyl (C=S) groups is 1. The van der Waals surface area contributed by atoms with Gasteiger partial charge in [-0.3, -0.25) is 4.79 Å². The third kappa shape index (κ3) is 3.38. The Morgan fingerprint density at radius 2 is 1.96 bits per heavy atom. The molecule has 4 rings (SSSR count). The van der Waals surface area contributed by atoms with Crippen molar-refractivity contribution in [2.24, 2.45) is 5.92 Å². The van der Waals surface area contributed by atoms with Crippen LogP contribution in [0.4, 0.5) is 0 Å². The van der Waals surface area contributed by atoms with E-state index in [1.807, 2.05) is 34.9 Å². The monoisotopic (exact) mass is 387 g/mol. The van der Waals surface area contributed by atoms with Crippen LogP contribution >= 0.6 is 23.8 Å². The van der Waals surface area contributed by atoms with Gasteiger partial charge >= 0.3 is 0 Å². The second-order valence-corrected chi connectivity index (χ2v) is 8.15. The van der Waals surface area contributed by atoms with Gasteiger partial charge in [-0.2, -0.15) is 0 Å². The molecule has 136 valence electrons. The van der Waals surface area contributed by atoms with Crippen LogP contribution in [0.2, 0.25) is 5.02 Å². The maximum atomic E-state index is 12.1. The smallest absolute Gasteiger partial charge is 0.250 e. The van der Waals surface area contributed by atoms with Crippen molar-refractivity contribution >= 4 is 28.9 Å². The molecule has 2 aromatic rings. The maximum absolute atomic E-state index is 12.1. The molecule has 3 atom stereocenters. The Labute approximate surface area is 163 Å². The van der Waals surface area contributed by atoms with E-state index in [-0.39, 0.29) is 11.6 Å². The Kier molecular flexibility index (Phi) is 4.76. The van der Waals surface area contributed by atoms with Gasteiger partial charge in [0.2, 0.25) is 0 Å². The number of nitrogens with zero attached hydrogens (tertiary/aromatic N) is 2. The van der Waals surface area contributed by atoms with Crippen molar-refractivity contribution in [2.45, 2.75) is 31.8 Å². The molecule has 0 radical (unpaired) electrons. The first-order valence-electron chi connectivity index (χ1n) is 9.02. The first-order chi connectivity index (χ1) is 12.5. The van der Waals surface area contributed by atoms with Crippen LogP contribution in [0.15, 0.2) is 47.3 Å². The highest BCUT2D eigenvalue weighted by Gasteiger charge is 2.35. The Bertz CT molecular complexity index is 879. The van der Waals surface area contributed by atoms with Crippen molar-refractivity contribution in [1.82, 2.24) is 14.8 Å². The van der Waals surface area contributed by atoms with Gasteiger partial charge in [-0.15, -0.1) is 0 Å². The highest BCUT2D eigenvalue weighted by Crippen LogP contribution is 2.35. The number of benzene rings is 1. The van der Waals surface area contributed by atoms with Gasteiger partial charge in [0.1, 0.15) is 0 Å². The van der Waals surface area contributed by atoms with E-state index in [0.717, 1.165) is 47.4 Å². The van der Waals surface area contributed by atoms with Gasteiger partial charge in [-0.25, -0.2) is 0 Å². The zero-order valence-corrected chi connectivity index (χ0v) is 16.3. The Hall–Kier alpha value is -1.85. The van der Waals surface area contributed by atoms with Gasteiger partial charge in [0.05, 0.1) is 6.04 Å². The summed E-state index contributed by atoms with van der Waals surface area (Å²) in [5, 5.41) is 4.98. The minimum atomic E-state index is 0.114. The topological polar surface area (TPSA) is 37.3 Å². The molecule has 4 nitrogen and oxygen atoms in total. The van der Waals surface area contributed by atoms with E-state index in [2.05, 4.69) is 23.2 Å². The van der Waals surface area contributed by atoms with E-state index in [4.69, 9.17) is 23.8 Å². The van der Waals surface area contributed by atoms with Crippen LogP contribution in [0.3, 0.4) is 0 Å². The number of fused-ring (bicyclic) bond motifs is 4. The summed E-state index contributed by atoms with van der Waals surface area (Å²) in [6.07, 6.45) is 1.13. The van der Waals surface area contributed by atoms with E-state index >= 15 is 0 Å². The molecular weight excluding hydrogens is 366 g/mol. The Balaban J connectivity index is 1.47. The number of pyridine rings is 1. The highest BCUT2D eigenvalue weighted by molar-refractivity contribution is 7.80. The number of rotatable bonds is 2. The summed E-state index contributed by atoms with van der Waals surface area (Å²) in [4.78, 5) is 14.4. The van der Waals surface area contributed by atoms with Crippen LogP contribution in [0.5, 0.6) is 0 Å². The molecule has 2 aliphatic rings. The van der Waals surface area contributed by atoms with E-state index in [1.165, 1.54) is 0 Å². The molecule has 26 heavy (non-hydrogen) atoms. The molecule has 1 N–H and O–H groups in total. The normalized spacial score (nSPS) is 22.5. The van der Waals surface area contributed by atoms with E-state index in [0.29, 0.717) is 11.8 Å². The summed E-state index contributed by atoms with van der Waals surface area (Å²) in [5.41, 5.74) is 2.42. The molecule has 0 amide bonds. The Morgan fingerprint density at radius 1 is 1.19 bits per heavy atom. The SMILES string of the molecule is C[C@@H](NC(=S)N1C[C@@H]2C[C@@H](C1)c1cccc(=O)n1C2)c1ccc(Cl)cc1. The lowest BCUT2D eigenvalue weighted by Gasteiger charge is -2.44. The molecule has 6 heteroatoms. The van der Waals surface area contributed by atoms with Crippen LogP contribution in [-0.2, 0) is 6.54 Å². The molecular formula is C20H22ClN3OS. The molecule has 0 unspecified atom stereocenters. The van der Waals surface area contributed by atoms with Gasteiger partial charge < -0.3 is 14.8 Å². The van der Waals surface area contributed by atoms with Crippen LogP contribution < -0.4 is 10.9 Å². The zero-order valence-electron chi connectivity index (χ0n) is 14.7. The summed E-state index contributed by atoms with van der Waals surface area (Å²) in [6, 6.07) is 13.6. The zero-order chi connectivity index (χ0) is 18.3. The number of piperidine rings is 1. The Morgan fingerprint density at radius 3 is 2.73 bits per heavy atom. The molecule has 0 saturated carbocycles. The summed E-state index contributed by atoms with van der Waals surface area (Å²) < 4.78 is 1.95. The second-order valence-electron chi connectivity index (χ2n) is 7.33. The first kappa shape index (κ1) is 17.6. The van der Waals surface area contributed by atoms with Gasteiger partial charge in [0.15, 0.2) is 5.11 Å². The molecule has 0 spiro atoms. The van der Waals surface area contributed by atoms with Crippen molar-refractivity contribution in [2.75, 3.05) is 13.1 Å². The van der Waals surface area contributed by atoms with Gasteiger partial charge in [0.25, 0.3) is 5.56 Å². The molecule has 1 fully saturated rings. The van der Waals surface area contributed by atoms with Crippen LogP contribution in [0, 0.1) is 5.92 Å². The lowest BCUT2D eigenvalue weighted by molar-refractivity contribution is 0.176. The minimum absolute atomic E-state index is 0.114. The number of hydrogen-bond donors (Lipinski definition) is 1. The average molecular weight is 388 g/mol. The molecule has 1 saturated heterocycles. The molecule has 1 aromatic carbocycles. The number of hydrogen-bond acceptors (Lipinski definition) is 2. The third-order valence-corrected chi connectivity index (χ3v) is 6.10. The van der Waals surface area contributed by atoms with Crippen molar-refractivity contribution in [3.63, 3.8) is 0 Å². The van der Waals surface area contributed by atoms with Gasteiger partial charge in [-0.1, -0.05) is 29.8 Å². The lowest BCUT2D eigenvalue weighted by Crippen LogP contribution is -2.52. The predicted octanol–water partition coefficient (Wildman–Crippen LogP) is 3.56. The van der Waals surface area contributed by atoms with Gasteiger partial charge in [0, 0.05) is 42.3 Å². The van der Waals surface area contributed by atoms with Crippen molar-refractivity contribution in [1.29, 1.82) is 0 Å².